The zero-order chi connectivity index (χ0) is 19.1. The number of aliphatic hydroxyl groups excluding tert-OH is 2. The lowest BCUT2D eigenvalue weighted by Gasteiger charge is -2.22. The van der Waals surface area contributed by atoms with E-state index in [-0.39, 0.29) is 43.5 Å². The number of hydrogen-bond acceptors (Lipinski definition) is 7. The number of ether oxygens (including phenoxy) is 1. The summed E-state index contributed by atoms with van der Waals surface area (Å²) in [5.74, 6) is -0.919. The van der Waals surface area contributed by atoms with Gasteiger partial charge in [-0.2, -0.15) is 0 Å². The van der Waals surface area contributed by atoms with E-state index in [1.54, 1.807) is 12.1 Å². The smallest absolute Gasteiger partial charge is 0.337 e. The molecule has 2 rings (SSSR count). The number of anilines is 2. The van der Waals surface area contributed by atoms with E-state index in [1.807, 2.05) is 24.0 Å². The van der Waals surface area contributed by atoms with Gasteiger partial charge in [0, 0.05) is 31.0 Å². The van der Waals surface area contributed by atoms with Gasteiger partial charge in [-0.1, -0.05) is 0 Å². The third kappa shape index (κ3) is 4.33. The first-order valence-electron chi connectivity index (χ1n) is 8.50. The SMILES string of the molecule is CCN(CCO)c1ccc(NC2=C(C(=O)OC)CN(CCO)C2=O)cc1. The van der Waals surface area contributed by atoms with Crippen LogP contribution in [0.3, 0.4) is 0 Å². The Kier molecular flexibility index (Phi) is 6.99. The summed E-state index contributed by atoms with van der Waals surface area (Å²) in [6.45, 7) is 3.44. The highest BCUT2D eigenvalue weighted by Gasteiger charge is 2.34. The number of esters is 1. The lowest BCUT2D eigenvalue weighted by Crippen LogP contribution is -2.31. The molecule has 0 saturated carbocycles. The van der Waals surface area contributed by atoms with Crippen LogP contribution < -0.4 is 10.2 Å². The van der Waals surface area contributed by atoms with Gasteiger partial charge in [-0.15, -0.1) is 0 Å². The van der Waals surface area contributed by atoms with Crippen molar-refractivity contribution < 1.29 is 24.5 Å². The molecule has 1 aliphatic rings. The molecule has 0 radical (unpaired) electrons. The maximum absolute atomic E-state index is 12.5. The third-order valence-corrected chi connectivity index (χ3v) is 4.21. The standard InChI is InChI=1S/C18H25N3O5/c1-3-20(8-10-22)14-6-4-13(5-7-14)19-16-15(18(25)26-2)12-21(9-11-23)17(16)24/h4-7,19,22-23H,3,8-12H2,1-2H3. The fraction of sp³-hybridized carbons (Fsp3) is 0.444. The molecular weight excluding hydrogens is 338 g/mol. The Morgan fingerprint density at radius 1 is 1.27 bits per heavy atom. The second-order valence-electron chi connectivity index (χ2n) is 5.77. The lowest BCUT2D eigenvalue weighted by atomic mass is 10.2. The van der Waals surface area contributed by atoms with Gasteiger partial charge in [-0.25, -0.2) is 4.79 Å². The van der Waals surface area contributed by atoms with Crippen molar-refractivity contribution >= 4 is 23.3 Å². The summed E-state index contributed by atoms with van der Waals surface area (Å²) in [7, 11) is 1.27. The number of β-amino-alcohol motifs (C(OH)–C–C–N with tert-alkyl or cyclic N) is 1. The zero-order valence-electron chi connectivity index (χ0n) is 15.1. The second-order valence-corrected chi connectivity index (χ2v) is 5.77. The van der Waals surface area contributed by atoms with Gasteiger partial charge >= 0.3 is 5.97 Å². The first kappa shape index (κ1) is 19.7. The minimum Gasteiger partial charge on any atom is -0.466 e. The van der Waals surface area contributed by atoms with Gasteiger partial charge in [0.05, 0.1) is 32.4 Å². The molecule has 8 heteroatoms. The van der Waals surface area contributed by atoms with E-state index in [0.717, 1.165) is 12.2 Å². The molecule has 1 heterocycles. The molecule has 0 saturated heterocycles. The summed E-state index contributed by atoms with van der Waals surface area (Å²) in [6.07, 6.45) is 0. The molecule has 0 fully saturated rings. The van der Waals surface area contributed by atoms with Crippen molar-refractivity contribution in [2.45, 2.75) is 6.92 Å². The van der Waals surface area contributed by atoms with E-state index >= 15 is 0 Å². The van der Waals surface area contributed by atoms with Crippen LogP contribution in [0.5, 0.6) is 0 Å². The Morgan fingerprint density at radius 3 is 2.50 bits per heavy atom. The molecule has 1 amide bonds. The minimum absolute atomic E-state index is 0.0679. The number of rotatable bonds is 9. The van der Waals surface area contributed by atoms with E-state index in [9.17, 15) is 9.59 Å². The molecule has 0 bridgehead atoms. The summed E-state index contributed by atoms with van der Waals surface area (Å²) in [5, 5.41) is 21.2. The largest absolute Gasteiger partial charge is 0.466 e. The molecule has 0 atom stereocenters. The molecular formula is C18H25N3O5. The number of nitrogens with zero attached hydrogens (tertiary/aromatic N) is 2. The minimum atomic E-state index is -0.571. The van der Waals surface area contributed by atoms with Gasteiger partial charge in [-0.05, 0) is 31.2 Å². The van der Waals surface area contributed by atoms with Crippen molar-refractivity contribution in [2.24, 2.45) is 0 Å². The molecule has 0 aromatic heterocycles. The van der Waals surface area contributed by atoms with Crippen molar-refractivity contribution in [2.75, 3.05) is 56.7 Å². The maximum Gasteiger partial charge on any atom is 0.337 e. The van der Waals surface area contributed by atoms with E-state index in [2.05, 4.69) is 5.32 Å². The molecule has 142 valence electrons. The van der Waals surface area contributed by atoms with Crippen LogP contribution in [-0.2, 0) is 14.3 Å². The summed E-state index contributed by atoms with van der Waals surface area (Å²) < 4.78 is 4.76. The molecule has 1 aliphatic heterocycles. The Bertz CT molecular complexity index is 672. The predicted molar refractivity (Wildman–Crippen MR) is 97.7 cm³/mol. The van der Waals surface area contributed by atoms with Crippen molar-refractivity contribution in [3.8, 4) is 0 Å². The summed E-state index contributed by atoms with van der Waals surface area (Å²) in [6, 6.07) is 7.37. The Balaban J connectivity index is 2.21. The molecule has 0 spiro atoms. The normalized spacial score (nSPS) is 14.0. The fourth-order valence-electron chi connectivity index (χ4n) is 2.84. The summed E-state index contributed by atoms with van der Waals surface area (Å²) in [5.41, 5.74) is 2.02. The van der Waals surface area contributed by atoms with Crippen LogP contribution in [0.15, 0.2) is 35.5 Å². The molecule has 0 aliphatic carbocycles. The number of methoxy groups -OCH3 is 1. The van der Waals surface area contributed by atoms with Gasteiger partial charge in [-0.3, -0.25) is 4.79 Å². The van der Waals surface area contributed by atoms with E-state index in [1.165, 1.54) is 12.0 Å². The Morgan fingerprint density at radius 2 is 1.96 bits per heavy atom. The predicted octanol–water partition coefficient (Wildman–Crippen LogP) is 0.179. The average molecular weight is 363 g/mol. The zero-order valence-corrected chi connectivity index (χ0v) is 15.1. The van der Waals surface area contributed by atoms with Crippen LogP contribution >= 0.6 is 0 Å². The molecule has 1 aromatic carbocycles. The van der Waals surface area contributed by atoms with E-state index in [4.69, 9.17) is 14.9 Å². The van der Waals surface area contributed by atoms with Crippen molar-refractivity contribution in [3.05, 3.63) is 35.5 Å². The number of aliphatic hydroxyl groups is 2. The molecule has 0 unspecified atom stereocenters. The van der Waals surface area contributed by atoms with E-state index in [0.29, 0.717) is 12.2 Å². The van der Waals surface area contributed by atoms with Gasteiger partial charge in [0.2, 0.25) is 0 Å². The average Bonchev–Trinajstić information content (AvgIpc) is 2.96. The molecule has 1 aromatic rings. The molecule has 3 N–H and O–H groups in total. The van der Waals surface area contributed by atoms with Crippen molar-refractivity contribution in [3.63, 3.8) is 0 Å². The molecule has 26 heavy (non-hydrogen) atoms. The van der Waals surface area contributed by atoms with Crippen LogP contribution in [0.1, 0.15) is 6.92 Å². The Hall–Kier alpha value is -2.58. The second kappa shape index (κ2) is 9.21. The van der Waals surface area contributed by atoms with Crippen LogP contribution in [0.2, 0.25) is 0 Å². The number of carbonyl (C=O) groups excluding carboxylic acids is 2. The van der Waals surface area contributed by atoms with E-state index < -0.39 is 5.97 Å². The van der Waals surface area contributed by atoms with Crippen LogP contribution in [0.4, 0.5) is 11.4 Å². The van der Waals surface area contributed by atoms with Crippen molar-refractivity contribution in [1.82, 2.24) is 4.90 Å². The van der Waals surface area contributed by atoms with Gasteiger partial charge in [0.1, 0.15) is 5.70 Å². The highest BCUT2D eigenvalue weighted by atomic mass is 16.5. The van der Waals surface area contributed by atoms with Gasteiger partial charge < -0.3 is 30.1 Å². The lowest BCUT2D eigenvalue weighted by molar-refractivity contribution is -0.136. The number of nitrogens with one attached hydrogen (secondary N) is 1. The highest BCUT2D eigenvalue weighted by molar-refractivity contribution is 6.08. The highest BCUT2D eigenvalue weighted by Crippen LogP contribution is 2.24. The Labute approximate surface area is 152 Å². The number of amides is 1. The number of likely N-dealkylation sites (N-methyl/N-ethyl adjacent to an activating group) is 1. The monoisotopic (exact) mass is 363 g/mol. The fourth-order valence-corrected chi connectivity index (χ4v) is 2.84. The molecule has 8 nitrogen and oxygen atoms in total. The number of carbonyl (C=O) groups is 2. The third-order valence-electron chi connectivity index (χ3n) is 4.21. The topological polar surface area (TPSA) is 102 Å². The first-order chi connectivity index (χ1) is 12.5. The quantitative estimate of drug-likeness (QED) is 0.538. The van der Waals surface area contributed by atoms with Crippen LogP contribution in [0.25, 0.3) is 0 Å². The van der Waals surface area contributed by atoms with Crippen LogP contribution in [0, 0.1) is 0 Å². The first-order valence-corrected chi connectivity index (χ1v) is 8.50. The number of hydrogen-bond donors (Lipinski definition) is 3. The van der Waals surface area contributed by atoms with Gasteiger partial charge in [0.25, 0.3) is 5.91 Å². The van der Waals surface area contributed by atoms with Crippen LogP contribution in [-0.4, -0.2) is 73.5 Å². The summed E-state index contributed by atoms with van der Waals surface area (Å²) in [4.78, 5) is 27.9. The van der Waals surface area contributed by atoms with Crippen molar-refractivity contribution in [1.29, 1.82) is 0 Å². The maximum atomic E-state index is 12.5. The van der Waals surface area contributed by atoms with Gasteiger partial charge in [0.15, 0.2) is 0 Å². The number of benzene rings is 1. The summed E-state index contributed by atoms with van der Waals surface area (Å²) >= 11 is 0.